The van der Waals surface area contributed by atoms with Gasteiger partial charge in [-0.3, -0.25) is 4.79 Å². The third kappa shape index (κ3) is 3.08. The highest BCUT2D eigenvalue weighted by Crippen LogP contribution is 2.35. The van der Waals surface area contributed by atoms with Gasteiger partial charge < -0.3 is 9.47 Å². The molecule has 0 aromatic rings. The Morgan fingerprint density at radius 1 is 0.850 bits per heavy atom. The molecule has 112 valence electrons. The van der Waals surface area contributed by atoms with E-state index in [9.17, 15) is 4.79 Å². The molecule has 2 atom stereocenters. The van der Waals surface area contributed by atoms with Crippen molar-refractivity contribution in [1.82, 2.24) is 0 Å². The van der Waals surface area contributed by atoms with Crippen molar-refractivity contribution in [3.8, 4) is 0 Å². The molecular weight excluding hydrogens is 252 g/mol. The number of hydrogen-bond acceptors (Lipinski definition) is 3. The number of Topliss-reactive ketones (excluding diaryl/α,β-unsaturated/α-hetero) is 1. The quantitative estimate of drug-likeness (QED) is 0.685. The summed E-state index contributed by atoms with van der Waals surface area (Å²) in [5.41, 5.74) is 1.44. The van der Waals surface area contributed by atoms with Gasteiger partial charge in [0.05, 0.1) is 12.5 Å². The summed E-state index contributed by atoms with van der Waals surface area (Å²) < 4.78 is 12.0. The third-order valence-electron chi connectivity index (χ3n) is 4.92. The third-order valence-corrected chi connectivity index (χ3v) is 4.92. The fourth-order valence-electron chi connectivity index (χ4n) is 3.82. The first-order valence-corrected chi connectivity index (χ1v) is 8.35. The Balaban J connectivity index is 1.82. The van der Waals surface area contributed by atoms with Crippen LogP contribution in [0, 0.1) is 5.92 Å². The fraction of sp³-hybridized carbons (Fsp3) is 0.824. The number of allylic oxidation sites excluding steroid dienone is 1. The molecule has 2 unspecified atom stereocenters. The molecule has 0 aromatic heterocycles. The standard InChI is InChI=1S/C17H26O3/c18-15-10-6-5-9-14(15)17-16(19-11-12-20-17)13-7-3-1-2-4-8-13/h14,17H,1-12H2. The molecule has 20 heavy (non-hydrogen) atoms. The Kier molecular flexibility index (Phi) is 4.77. The maximum absolute atomic E-state index is 12.2. The van der Waals surface area contributed by atoms with E-state index >= 15 is 0 Å². The van der Waals surface area contributed by atoms with Gasteiger partial charge in [0.1, 0.15) is 24.3 Å². The zero-order chi connectivity index (χ0) is 13.8. The van der Waals surface area contributed by atoms with Crippen molar-refractivity contribution in [2.24, 2.45) is 5.92 Å². The Hall–Kier alpha value is -0.830. The van der Waals surface area contributed by atoms with E-state index in [-0.39, 0.29) is 12.0 Å². The summed E-state index contributed by atoms with van der Waals surface area (Å²) in [6, 6.07) is 0. The molecule has 0 N–H and O–H groups in total. The summed E-state index contributed by atoms with van der Waals surface area (Å²) in [5, 5.41) is 0. The monoisotopic (exact) mass is 278 g/mol. The number of ketones is 1. The van der Waals surface area contributed by atoms with Gasteiger partial charge in [0.15, 0.2) is 0 Å². The largest absolute Gasteiger partial charge is 0.493 e. The zero-order valence-electron chi connectivity index (χ0n) is 12.4. The van der Waals surface area contributed by atoms with E-state index in [1.54, 1.807) is 0 Å². The molecule has 3 nitrogen and oxygen atoms in total. The average Bonchev–Trinajstić information content (AvgIpc) is 2.77. The van der Waals surface area contributed by atoms with Crippen LogP contribution in [0.5, 0.6) is 0 Å². The van der Waals surface area contributed by atoms with Crippen LogP contribution in [0.4, 0.5) is 0 Å². The van der Waals surface area contributed by atoms with Crippen molar-refractivity contribution in [1.29, 1.82) is 0 Å². The first-order valence-electron chi connectivity index (χ1n) is 8.35. The van der Waals surface area contributed by atoms with Crippen LogP contribution in [0.2, 0.25) is 0 Å². The van der Waals surface area contributed by atoms with E-state index < -0.39 is 0 Å². The summed E-state index contributed by atoms with van der Waals surface area (Å²) in [6.07, 6.45) is 11.3. The Morgan fingerprint density at radius 3 is 2.35 bits per heavy atom. The summed E-state index contributed by atoms with van der Waals surface area (Å²) in [4.78, 5) is 12.2. The minimum absolute atomic E-state index is 0.0507. The Labute approximate surface area is 121 Å². The van der Waals surface area contributed by atoms with E-state index in [0.717, 1.165) is 44.3 Å². The molecule has 0 radical (unpaired) electrons. The summed E-state index contributed by atoms with van der Waals surface area (Å²) >= 11 is 0. The molecular formula is C17H26O3. The van der Waals surface area contributed by atoms with Crippen molar-refractivity contribution in [3.05, 3.63) is 11.3 Å². The smallest absolute Gasteiger partial charge is 0.139 e. The van der Waals surface area contributed by atoms with Gasteiger partial charge in [-0.25, -0.2) is 0 Å². The van der Waals surface area contributed by atoms with Gasteiger partial charge in [-0.2, -0.15) is 0 Å². The molecule has 0 spiro atoms. The highest BCUT2D eigenvalue weighted by molar-refractivity contribution is 5.82. The van der Waals surface area contributed by atoms with Gasteiger partial charge in [-0.05, 0) is 44.1 Å². The van der Waals surface area contributed by atoms with E-state index in [1.807, 2.05) is 0 Å². The van der Waals surface area contributed by atoms with Crippen LogP contribution in [0.3, 0.4) is 0 Å². The number of ether oxygens (including phenoxy) is 2. The maximum Gasteiger partial charge on any atom is 0.139 e. The van der Waals surface area contributed by atoms with Gasteiger partial charge in [0.25, 0.3) is 0 Å². The number of carbonyl (C=O) groups is 1. The number of hydrogen-bond donors (Lipinski definition) is 0. The van der Waals surface area contributed by atoms with Gasteiger partial charge in [-0.15, -0.1) is 0 Å². The topological polar surface area (TPSA) is 35.5 Å². The van der Waals surface area contributed by atoms with Crippen LogP contribution in [0.25, 0.3) is 0 Å². The maximum atomic E-state index is 12.2. The van der Waals surface area contributed by atoms with Crippen molar-refractivity contribution in [2.45, 2.75) is 70.3 Å². The molecule has 2 saturated carbocycles. The molecule has 3 rings (SSSR count). The second kappa shape index (κ2) is 6.75. The van der Waals surface area contributed by atoms with Crippen LogP contribution in [-0.4, -0.2) is 25.1 Å². The van der Waals surface area contributed by atoms with Crippen molar-refractivity contribution in [2.75, 3.05) is 13.2 Å². The second-order valence-corrected chi connectivity index (χ2v) is 6.34. The van der Waals surface area contributed by atoms with E-state index in [4.69, 9.17) is 9.47 Å². The molecule has 2 aliphatic carbocycles. The summed E-state index contributed by atoms with van der Waals surface area (Å²) in [6.45, 7) is 1.28. The molecule has 0 aromatic carbocycles. The fourth-order valence-corrected chi connectivity index (χ4v) is 3.82. The first-order chi connectivity index (χ1) is 9.86. The van der Waals surface area contributed by atoms with Gasteiger partial charge in [0, 0.05) is 6.42 Å². The van der Waals surface area contributed by atoms with Crippen LogP contribution in [0.1, 0.15) is 64.2 Å². The van der Waals surface area contributed by atoms with Crippen molar-refractivity contribution >= 4 is 5.78 Å². The highest BCUT2D eigenvalue weighted by atomic mass is 16.6. The SMILES string of the molecule is O=C1CCCCC1C1OCCOC1=C1CCCCCC1. The van der Waals surface area contributed by atoms with Gasteiger partial charge in [0.2, 0.25) is 0 Å². The minimum atomic E-state index is -0.0790. The lowest BCUT2D eigenvalue weighted by Gasteiger charge is -2.35. The minimum Gasteiger partial charge on any atom is -0.493 e. The first kappa shape index (κ1) is 14.1. The Bertz CT molecular complexity index is 376. The molecule has 3 heteroatoms. The Morgan fingerprint density at radius 2 is 1.60 bits per heavy atom. The highest BCUT2D eigenvalue weighted by Gasteiger charge is 2.37. The zero-order valence-corrected chi connectivity index (χ0v) is 12.4. The van der Waals surface area contributed by atoms with Crippen LogP contribution in [0.15, 0.2) is 11.3 Å². The van der Waals surface area contributed by atoms with Crippen LogP contribution >= 0.6 is 0 Å². The predicted molar refractivity (Wildman–Crippen MR) is 77.4 cm³/mol. The molecule has 1 saturated heterocycles. The van der Waals surface area contributed by atoms with E-state index in [2.05, 4.69) is 0 Å². The number of carbonyl (C=O) groups excluding carboxylic acids is 1. The normalized spacial score (nSPS) is 32.7. The predicted octanol–water partition coefficient (Wildman–Crippen LogP) is 3.77. The molecule has 0 bridgehead atoms. The van der Waals surface area contributed by atoms with Crippen LogP contribution in [-0.2, 0) is 14.3 Å². The lowest BCUT2D eigenvalue weighted by atomic mass is 9.82. The molecule has 1 heterocycles. The average molecular weight is 278 g/mol. The summed E-state index contributed by atoms with van der Waals surface area (Å²) in [7, 11) is 0. The van der Waals surface area contributed by atoms with Gasteiger partial charge in [-0.1, -0.05) is 19.3 Å². The van der Waals surface area contributed by atoms with Crippen LogP contribution < -0.4 is 0 Å². The summed E-state index contributed by atoms with van der Waals surface area (Å²) in [5.74, 6) is 1.48. The number of rotatable bonds is 1. The second-order valence-electron chi connectivity index (χ2n) is 6.34. The molecule has 1 aliphatic heterocycles. The molecule has 0 amide bonds. The lowest BCUT2D eigenvalue weighted by molar-refractivity contribution is -0.135. The lowest BCUT2D eigenvalue weighted by Crippen LogP contribution is -2.39. The van der Waals surface area contributed by atoms with E-state index in [1.165, 1.54) is 31.3 Å². The van der Waals surface area contributed by atoms with Crippen molar-refractivity contribution < 1.29 is 14.3 Å². The van der Waals surface area contributed by atoms with E-state index in [0.29, 0.717) is 19.0 Å². The van der Waals surface area contributed by atoms with Gasteiger partial charge >= 0.3 is 0 Å². The van der Waals surface area contributed by atoms with Crippen molar-refractivity contribution in [3.63, 3.8) is 0 Å². The molecule has 3 fully saturated rings. The molecule has 3 aliphatic rings.